The Balaban J connectivity index is 0. The van der Waals surface area contributed by atoms with Gasteiger partial charge in [0.2, 0.25) is 0 Å². The maximum Gasteiger partial charge on any atom is 1.00 e. The molecule has 0 amide bonds. The van der Waals surface area contributed by atoms with Crippen LogP contribution in [0.2, 0.25) is 0 Å². The Labute approximate surface area is 2800 Å². The number of rotatable bonds is 0. The van der Waals surface area contributed by atoms with Crippen molar-refractivity contribution in [3.63, 3.8) is 0 Å². The Morgan fingerprint density at radius 1 is 0.0300 bits per heavy atom. The van der Waals surface area contributed by atoms with Crippen molar-refractivity contribution in [1.29, 1.82) is 0 Å². The van der Waals surface area contributed by atoms with Crippen molar-refractivity contribution in [1.82, 2.24) is 0 Å². The molecule has 100 heteroatoms. The molecule has 0 aromatic rings. The molecule has 0 bridgehead atoms. The summed E-state index contributed by atoms with van der Waals surface area (Å²) in [5, 5.41) is 0. The summed E-state index contributed by atoms with van der Waals surface area (Å²) in [6.45, 7) is 0. The Hall–Kier alpha value is 79.8. The van der Waals surface area contributed by atoms with Gasteiger partial charge in [0, 0.05) is 0 Å². The molecule has 0 atom stereocenters. The molecule has 0 radical (unpaired) electrons. The van der Waals surface area contributed by atoms with E-state index in [1.807, 2.05) is 0 Å². The SMILES string of the molecule is O.O.O.O.O.O.O.O.O.O.O.O.O.O.O.O.O.O.O.O.O.O.O.O.O.O.O.O.O.O.O.O.O.O.O.O.O.O.O.O.O.O.O.O.O.O.O.O.O.O.[H-].[H-].[H-].[H-].[H-].[H-].[H-].[H-].[H-].[H-].[H-].[H-].[H-].[H-].[H-].[H-].[H-].[H-].[H-].[H-].[H-].[H-].[H-].[H-].[H-].[H-].[H-].[H-].[H-].[H-].[H-].[H-].[H-].[H-].[H-].[H-].[H-].[H-].[H-].[H-].[H-].[H-].[H-].[H-].[H-].[H-].[H-].[H-].[H-].[H-].[K+].[K+].[K+].[K+].[K+].[K+].[K+].[K+].[K+].[K+].[K+].[K+].[K+].[K+].[K+].[K+].[K+].[K+].[K+].[K+].[K+].[K+].[K+].[K+].[K+].[K+].[K+].[K+].[K+].[K+].[K+].[K+].[K+].[K+].[K+].[K+].[K+].[K+].[K+].[K+].[K+].[K+].[K+].[K+].[K+].[K+].[K+].[K+].[K+].[K+]. The first-order chi connectivity index (χ1) is 0. The Morgan fingerprint density at radius 2 is 0.0300 bits per heavy atom. The van der Waals surface area contributed by atoms with Crippen molar-refractivity contribution in [2.45, 2.75) is 0 Å². The molecule has 0 heterocycles. The Morgan fingerprint density at radius 3 is 0.0300 bits per heavy atom. The van der Waals surface area contributed by atoms with Crippen LogP contribution in [0.1, 0.15) is 71.3 Å². The summed E-state index contributed by atoms with van der Waals surface area (Å²) < 4.78 is 0. The van der Waals surface area contributed by atoms with Crippen LogP contribution < -0.4 is 2570 Å². The third-order valence-corrected chi connectivity index (χ3v) is 0. The van der Waals surface area contributed by atoms with Gasteiger partial charge in [0.25, 0.3) is 0 Å². The Kier molecular flexibility index (Phi) is 8010. The van der Waals surface area contributed by atoms with Gasteiger partial charge in [-0.3, -0.25) is 0 Å². The van der Waals surface area contributed by atoms with Crippen LogP contribution in [0, 0.1) is 0 Å². The average Bonchev–Trinajstić information content (AvgIpc) is 0. The van der Waals surface area contributed by atoms with E-state index >= 15 is 0 Å². The van der Waals surface area contributed by atoms with Crippen molar-refractivity contribution in [3.05, 3.63) is 0 Å². The van der Waals surface area contributed by atoms with E-state index in [0.717, 1.165) is 0 Å². The molecule has 0 aromatic carbocycles. The molecule has 0 unspecified atom stereocenters. The van der Waals surface area contributed by atoms with Crippen LogP contribution in [-0.2, 0) is 0 Å². The van der Waals surface area contributed by atoms with Crippen LogP contribution in [0.4, 0.5) is 0 Å². The van der Waals surface area contributed by atoms with Crippen molar-refractivity contribution in [2.75, 3.05) is 0 Å². The number of hydrogen-bond donors (Lipinski definition) is 0. The van der Waals surface area contributed by atoms with Crippen LogP contribution in [0.3, 0.4) is 0 Å². The summed E-state index contributed by atoms with van der Waals surface area (Å²) in [6.07, 6.45) is 0. The molecular formula is H150K50O50. The fraction of sp³-hybridized carbons (Fsp3) is 0. The van der Waals surface area contributed by atoms with Crippen LogP contribution in [0.5, 0.6) is 0 Å². The minimum absolute atomic E-state index is 0. The van der Waals surface area contributed by atoms with Crippen molar-refractivity contribution in [2.24, 2.45) is 0 Å². The van der Waals surface area contributed by atoms with E-state index in [-0.39, 0.29) is 2910 Å². The van der Waals surface area contributed by atoms with E-state index in [4.69, 9.17) is 0 Å². The van der Waals surface area contributed by atoms with E-state index in [1.165, 1.54) is 0 Å². The van der Waals surface area contributed by atoms with Crippen LogP contribution in [0.15, 0.2) is 0 Å². The summed E-state index contributed by atoms with van der Waals surface area (Å²) >= 11 is 0. The monoisotopic (exact) mass is 2900 g/mol. The van der Waals surface area contributed by atoms with E-state index in [1.54, 1.807) is 0 Å². The first-order valence-electron chi connectivity index (χ1n) is 0. The second kappa shape index (κ2) is 887. The largest absolute Gasteiger partial charge is 1.00 e. The normalized spacial score (nSPS) is 0. The van der Waals surface area contributed by atoms with Gasteiger partial charge in [0.1, 0.15) is 0 Å². The Bertz CT molecular complexity index is 238. The van der Waals surface area contributed by atoms with Gasteiger partial charge in [0.05, 0.1) is 0 Å². The van der Waals surface area contributed by atoms with Gasteiger partial charge in [-0.2, -0.15) is 0 Å². The van der Waals surface area contributed by atoms with Gasteiger partial charge in [0.15, 0.2) is 0 Å². The van der Waals surface area contributed by atoms with Crippen LogP contribution in [0.25, 0.3) is 0 Å². The van der Waals surface area contributed by atoms with Crippen molar-refractivity contribution >= 4 is 0 Å². The molecule has 0 spiro atoms. The van der Waals surface area contributed by atoms with Crippen LogP contribution in [-0.4, -0.2) is 274 Å². The van der Waals surface area contributed by atoms with Crippen molar-refractivity contribution < 1.29 is 2910 Å². The van der Waals surface area contributed by atoms with Gasteiger partial charge in [-0.05, 0) is 0 Å². The quantitative estimate of drug-likeness (QED) is 0.204. The smallest absolute Gasteiger partial charge is 1.00 e. The molecule has 0 saturated carbocycles. The predicted octanol–water partition coefficient (Wildman–Crippen LogP) is -185. The molecule has 0 aliphatic carbocycles. The molecule has 500 valence electrons. The summed E-state index contributed by atoms with van der Waals surface area (Å²) in [4.78, 5) is 0. The molecule has 100 heavy (non-hydrogen) atoms. The molecule has 0 aliphatic heterocycles. The zero-order valence-electron chi connectivity index (χ0n) is 125. The fourth-order valence-corrected chi connectivity index (χ4v) is 0. The fourth-order valence-electron chi connectivity index (χ4n) is 0. The zero-order chi connectivity index (χ0) is 0. The molecule has 0 rings (SSSR count). The maximum atomic E-state index is 0. The molecular weight excluding hydrogens is 2750 g/mol. The van der Waals surface area contributed by atoms with E-state index < -0.39 is 0 Å². The van der Waals surface area contributed by atoms with Crippen molar-refractivity contribution in [3.8, 4) is 0 Å². The second-order valence-corrected chi connectivity index (χ2v) is 0. The predicted molar refractivity (Wildman–Crippen MR) is 236 cm³/mol. The second-order valence-electron chi connectivity index (χ2n) is 0. The molecule has 0 saturated heterocycles. The maximum absolute atomic E-state index is 0. The average molecular weight is 2910 g/mol. The topological polar surface area (TPSA) is 1580 Å². The first-order valence-corrected chi connectivity index (χ1v) is 0. The van der Waals surface area contributed by atoms with E-state index in [2.05, 4.69) is 0 Å². The van der Waals surface area contributed by atoms with Gasteiger partial charge in [-0.15, -0.1) is 0 Å². The molecule has 0 fully saturated rings. The summed E-state index contributed by atoms with van der Waals surface area (Å²) in [6, 6.07) is 0. The zero-order valence-corrected chi connectivity index (χ0v) is 231. The summed E-state index contributed by atoms with van der Waals surface area (Å²) in [7, 11) is 0. The van der Waals surface area contributed by atoms with Gasteiger partial charge < -0.3 is 345 Å². The summed E-state index contributed by atoms with van der Waals surface area (Å²) in [5.41, 5.74) is 0. The van der Waals surface area contributed by atoms with Gasteiger partial charge in [-0.1, -0.05) is 0 Å². The molecule has 50 nitrogen and oxygen atoms in total. The summed E-state index contributed by atoms with van der Waals surface area (Å²) in [5.74, 6) is 0. The third kappa shape index (κ3) is 873. The van der Waals surface area contributed by atoms with Crippen LogP contribution >= 0.6 is 0 Å². The van der Waals surface area contributed by atoms with E-state index in [0.29, 0.717) is 0 Å². The van der Waals surface area contributed by atoms with Gasteiger partial charge >= 0.3 is 2570 Å². The molecule has 0 aromatic heterocycles. The van der Waals surface area contributed by atoms with E-state index in [9.17, 15) is 0 Å². The van der Waals surface area contributed by atoms with Gasteiger partial charge in [-0.25, -0.2) is 0 Å². The first kappa shape index (κ1) is 903. The molecule has 100 N–H and O–H groups in total. The standard InChI is InChI=1S/50K.50H2O.50H/h;;;;;;;;;;;;;;;;;;;;;;;;;;;;;;;;;;;;;;;;;;;;;;;;;;50*1H2;;;;;;;;;;;;;;;;;;;;;;;;;;;;;;;;;;;;;;;;;;;;;;;;;;/q50*+1;;;;;;;;;;;;;;;;;;;;;;;;;;;;;;;;;;;;;;;;;;;;;;;;;;;50*-1. The third-order valence-electron chi connectivity index (χ3n) is 0. The minimum atomic E-state index is 0. The molecule has 0 aliphatic rings. The number of hydrogen-bond acceptors (Lipinski definition) is 0. The minimum Gasteiger partial charge on any atom is -1.00 e.